The first kappa shape index (κ1) is 20.0. The average molecular weight is 357 g/mol. The second-order valence-corrected chi connectivity index (χ2v) is 7.35. The summed E-state index contributed by atoms with van der Waals surface area (Å²) in [7, 11) is -3.79. The minimum absolute atomic E-state index is 0.0350. The minimum Gasteiger partial charge on any atom is -0.390 e. The Morgan fingerprint density at radius 1 is 1.00 bits per heavy atom. The Labute approximate surface area is 139 Å². The molecule has 0 aliphatic heterocycles. The molecule has 2 N–H and O–H groups in total. The van der Waals surface area contributed by atoms with Crippen LogP contribution in [0.15, 0.2) is 39.7 Å². The number of nitrogens with zero attached hydrogens (tertiary/aromatic N) is 3. The third-order valence-electron chi connectivity index (χ3n) is 3.27. The Balaban J connectivity index is 3.20. The lowest BCUT2D eigenvalue weighted by Gasteiger charge is -2.17. The molecule has 24 heavy (non-hydrogen) atoms. The van der Waals surface area contributed by atoms with Crippen LogP contribution in [0.4, 0.5) is 0 Å². The minimum atomic E-state index is -3.79. The highest BCUT2D eigenvalue weighted by Gasteiger charge is 2.31. The molecule has 0 fully saturated rings. The second-order valence-electron chi connectivity index (χ2n) is 5.08. The molecule has 0 aliphatic rings. The number of hydrogen-bond donors (Lipinski definition) is 2. The standard InChI is InChI=1S/C14H23N3O6Si/c1-4-8-15-12(18)16(9-5-2)14(20)17(13(15)19)10-7-11-24(21,22)23-6-3/h4-5,21-22H,1-2,6-11H2,3H3. The molecule has 134 valence electrons. The second kappa shape index (κ2) is 8.73. The number of allylic oxidation sites excluding steroid dienone is 2. The van der Waals surface area contributed by atoms with E-state index in [0.717, 1.165) is 13.7 Å². The molecule has 0 spiro atoms. The predicted octanol–water partition coefficient (Wildman–Crippen LogP) is -1.11. The van der Waals surface area contributed by atoms with E-state index in [-0.39, 0.29) is 38.7 Å². The number of aromatic nitrogens is 3. The average Bonchev–Trinajstić information content (AvgIpc) is 2.51. The van der Waals surface area contributed by atoms with Gasteiger partial charge in [0.1, 0.15) is 0 Å². The van der Waals surface area contributed by atoms with Gasteiger partial charge < -0.3 is 14.0 Å². The van der Waals surface area contributed by atoms with Gasteiger partial charge in [-0.1, -0.05) is 12.2 Å². The topological polar surface area (TPSA) is 116 Å². The van der Waals surface area contributed by atoms with Crippen molar-refractivity contribution in [3.05, 3.63) is 56.8 Å². The van der Waals surface area contributed by atoms with Crippen LogP contribution in [-0.4, -0.2) is 38.7 Å². The third-order valence-corrected chi connectivity index (χ3v) is 5.02. The van der Waals surface area contributed by atoms with Gasteiger partial charge in [-0.15, -0.1) is 13.2 Å². The van der Waals surface area contributed by atoms with Crippen molar-refractivity contribution in [3.63, 3.8) is 0 Å². The lowest BCUT2D eigenvalue weighted by Crippen LogP contribution is -2.54. The fraction of sp³-hybridized carbons (Fsp3) is 0.500. The van der Waals surface area contributed by atoms with Gasteiger partial charge in [0.2, 0.25) is 0 Å². The van der Waals surface area contributed by atoms with Gasteiger partial charge in [0, 0.05) is 19.2 Å². The predicted molar refractivity (Wildman–Crippen MR) is 90.9 cm³/mol. The summed E-state index contributed by atoms with van der Waals surface area (Å²) >= 11 is 0. The SMILES string of the molecule is C=CCn1c(=O)n(CC=C)c(=O)n(CCC[Si](O)(O)OCC)c1=O. The molecule has 0 amide bonds. The Morgan fingerprint density at radius 2 is 1.46 bits per heavy atom. The maximum absolute atomic E-state index is 12.3. The van der Waals surface area contributed by atoms with Gasteiger partial charge in [-0.3, -0.25) is 0 Å². The fourth-order valence-corrected chi connectivity index (χ4v) is 3.44. The van der Waals surface area contributed by atoms with Gasteiger partial charge >= 0.3 is 25.9 Å². The molecule has 1 rings (SSSR count). The van der Waals surface area contributed by atoms with E-state index in [2.05, 4.69) is 13.2 Å². The summed E-state index contributed by atoms with van der Waals surface area (Å²) in [6.07, 6.45) is 2.91. The highest BCUT2D eigenvalue weighted by Crippen LogP contribution is 2.07. The van der Waals surface area contributed by atoms with Crippen molar-refractivity contribution in [3.8, 4) is 0 Å². The molecular formula is C14H23N3O6Si. The molecule has 0 aromatic carbocycles. The van der Waals surface area contributed by atoms with Crippen LogP contribution >= 0.6 is 0 Å². The summed E-state index contributed by atoms with van der Waals surface area (Å²) in [5.41, 5.74) is -2.25. The zero-order valence-corrected chi connectivity index (χ0v) is 14.7. The Bertz CT molecular complexity index is 713. The van der Waals surface area contributed by atoms with Gasteiger partial charge in [0.05, 0.1) is 13.1 Å². The van der Waals surface area contributed by atoms with Gasteiger partial charge in [-0.2, -0.15) is 0 Å². The molecule has 0 saturated carbocycles. The van der Waals surface area contributed by atoms with Crippen LogP contribution in [0.25, 0.3) is 0 Å². The summed E-state index contributed by atoms with van der Waals surface area (Å²) in [6, 6.07) is -0.0608. The van der Waals surface area contributed by atoms with E-state index < -0.39 is 25.9 Å². The maximum Gasteiger partial charge on any atom is 0.495 e. The van der Waals surface area contributed by atoms with Crippen molar-refractivity contribution in [2.75, 3.05) is 6.61 Å². The molecule has 0 saturated heterocycles. The Kier molecular flexibility index (Phi) is 7.29. The Hall–Kier alpha value is -2.01. The molecule has 0 radical (unpaired) electrons. The first-order valence-electron chi connectivity index (χ1n) is 7.54. The smallest absolute Gasteiger partial charge is 0.390 e. The van der Waals surface area contributed by atoms with Crippen molar-refractivity contribution >= 4 is 8.80 Å². The maximum atomic E-state index is 12.3. The molecule has 1 aromatic heterocycles. The van der Waals surface area contributed by atoms with Crippen LogP contribution in [-0.2, 0) is 24.1 Å². The zero-order valence-electron chi connectivity index (χ0n) is 13.7. The lowest BCUT2D eigenvalue weighted by atomic mass is 10.4. The Morgan fingerprint density at radius 3 is 1.88 bits per heavy atom. The molecule has 0 aliphatic carbocycles. The first-order valence-corrected chi connectivity index (χ1v) is 9.55. The zero-order chi connectivity index (χ0) is 18.3. The van der Waals surface area contributed by atoms with Gasteiger partial charge in [0.15, 0.2) is 0 Å². The summed E-state index contributed by atoms with van der Waals surface area (Å²) in [6.45, 7) is 8.65. The quantitative estimate of drug-likeness (QED) is 0.405. The third kappa shape index (κ3) is 4.74. The number of rotatable bonds is 10. The van der Waals surface area contributed by atoms with Crippen LogP contribution in [0, 0.1) is 0 Å². The van der Waals surface area contributed by atoms with Crippen LogP contribution < -0.4 is 17.1 Å². The molecule has 1 heterocycles. The highest BCUT2D eigenvalue weighted by atomic mass is 28.4. The first-order chi connectivity index (χ1) is 11.3. The van der Waals surface area contributed by atoms with E-state index in [4.69, 9.17) is 4.43 Å². The molecule has 0 unspecified atom stereocenters. The normalized spacial score (nSPS) is 11.5. The van der Waals surface area contributed by atoms with Crippen LogP contribution in [0.3, 0.4) is 0 Å². The lowest BCUT2D eigenvalue weighted by molar-refractivity contribution is 0.154. The van der Waals surface area contributed by atoms with Crippen molar-refractivity contribution < 1.29 is 14.0 Å². The van der Waals surface area contributed by atoms with Crippen molar-refractivity contribution in [2.24, 2.45) is 0 Å². The largest absolute Gasteiger partial charge is 0.495 e. The summed E-state index contributed by atoms with van der Waals surface area (Å²) < 4.78 is 7.55. The van der Waals surface area contributed by atoms with Gasteiger partial charge in [-0.25, -0.2) is 28.1 Å². The van der Waals surface area contributed by atoms with E-state index in [0.29, 0.717) is 0 Å². The monoisotopic (exact) mass is 357 g/mol. The molecule has 1 aromatic rings. The van der Waals surface area contributed by atoms with Crippen LogP contribution in [0.2, 0.25) is 6.04 Å². The molecule has 0 atom stereocenters. The van der Waals surface area contributed by atoms with E-state index in [1.807, 2.05) is 0 Å². The van der Waals surface area contributed by atoms with E-state index in [1.165, 1.54) is 12.2 Å². The van der Waals surface area contributed by atoms with Crippen LogP contribution in [0.5, 0.6) is 0 Å². The summed E-state index contributed by atoms with van der Waals surface area (Å²) in [4.78, 5) is 56.2. The van der Waals surface area contributed by atoms with E-state index in [9.17, 15) is 24.0 Å². The van der Waals surface area contributed by atoms with Gasteiger partial charge in [-0.05, 0) is 13.3 Å². The van der Waals surface area contributed by atoms with Crippen molar-refractivity contribution in [1.82, 2.24) is 13.7 Å². The van der Waals surface area contributed by atoms with E-state index >= 15 is 0 Å². The number of hydrogen-bond acceptors (Lipinski definition) is 6. The van der Waals surface area contributed by atoms with E-state index in [1.54, 1.807) is 6.92 Å². The van der Waals surface area contributed by atoms with Gasteiger partial charge in [0.25, 0.3) is 0 Å². The molecular weight excluding hydrogens is 334 g/mol. The highest BCUT2D eigenvalue weighted by molar-refractivity contribution is 6.57. The molecule has 9 nitrogen and oxygen atoms in total. The summed E-state index contributed by atoms with van der Waals surface area (Å²) in [5, 5.41) is 0. The molecule has 0 bridgehead atoms. The van der Waals surface area contributed by atoms with Crippen molar-refractivity contribution in [2.45, 2.75) is 39.0 Å². The fourth-order valence-electron chi connectivity index (χ4n) is 2.22. The summed E-state index contributed by atoms with van der Waals surface area (Å²) in [5.74, 6) is 0. The molecule has 10 heteroatoms. The van der Waals surface area contributed by atoms with Crippen molar-refractivity contribution in [1.29, 1.82) is 0 Å². The van der Waals surface area contributed by atoms with Crippen LogP contribution in [0.1, 0.15) is 13.3 Å².